The minimum absolute atomic E-state index is 0.00777. The first kappa shape index (κ1) is 15.7. The number of anilines is 2. The number of rotatable bonds is 3. The molecule has 0 unspecified atom stereocenters. The summed E-state index contributed by atoms with van der Waals surface area (Å²) in [6.45, 7) is 1.61. The van der Waals surface area contributed by atoms with Crippen molar-refractivity contribution in [3.63, 3.8) is 0 Å². The lowest BCUT2D eigenvalue weighted by molar-refractivity contribution is 0.570. The van der Waals surface area contributed by atoms with Crippen LogP contribution in [0.15, 0.2) is 39.7 Å². The number of sulfonamides is 1. The topological polar surface area (TPSA) is 72.2 Å². The van der Waals surface area contributed by atoms with E-state index < -0.39 is 26.6 Å². The van der Waals surface area contributed by atoms with Crippen molar-refractivity contribution in [2.75, 3.05) is 10.5 Å². The molecule has 112 valence electrons. The fourth-order valence-corrected chi connectivity index (χ4v) is 3.21. The maximum Gasteiger partial charge on any atom is 0.264 e. The van der Waals surface area contributed by atoms with Gasteiger partial charge in [-0.15, -0.1) is 0 Å². The summed E-state index contributed by atoms with van der Waals surface area (Å²) in [6, 6.07) is 5.63. The molecule has 0 saturated heterocycles. The Morgan fingerprint density at radius 3 is 2.43 bits per heavy atom. The Morgan fingerprint density at radius 2 is 1.81 bits per heavy atom. The summed E-state index contributed by atoms with van der Waals surface area (Å²) in [6.07, 6.45) is 0. The van der Waals surface area contributed by atoms with E-state index in [0.717, 1.165) is 18.2 Å². The van der Waals surface area contributed by atoms with Gasteiger partial charge < -0.3 is 5.73 Å². The summed E-state index contributed by atoms with van der Waals surface area (Å²) in [5, 5.41) is 0. The first-order valence-corrected chi connectivity index (χ1v) is 8.01. The van der Waals surface area contributed by atoms with Gasteiger partial charge in [-0.1, -0.05) is 0 Å². The van der Waals surface area contributed by atoms with Gasteiger partial charge in [-0.2, -0.15) is 0 Å². The van der Waals surface area contributed by atoms with E-state index in [1.165, 1.54) is 12.1 Å². The average molecular weight is 377 g/mol. The van der Waals surface area contributed by atoms with Crippen LogP contribution < -0.4 is 10.5 Å². The van der Waals surface area contributed by atoms with Crippen molar-refractivity contribution in [2.45, 2.75) is 11.8 Å². The zero-order chi connectivity index (χ0) is 15.8. The highest BCUT2D eigenvalue weighted by atomic mass is 79.9. The van der Waals surface area contributed by atoms with E-state index >= 15 is 0 Å². The van der Waals surface area contributed by atoms with E-state index in [1.54, 1.807) is 6.92 Å². The third-order valence-corrected chi connectivity index (χ3v) is 4.72. The van der Waals surface area contributed by atoms with Gasteiger partial charge in [0.05, 0.1) is 5.69 Å². The molecule has 21 heavy (non-hydrogen) atoms. The molecule has 0 aliphatic heterocycles. The minimum atomic E-state index is -4.21. The summed E-state index contributed by atoms with van der Waals surface area (Å²) in [5.41, 5.74) is 6.18. The van der Waals surface area contributed by atoms with Gasteiger partial charge in [0.2, 0.25) is 0 Å². The van der Waals surface area contributed by atoms with Gasteiger partial charge in [0, 0.05) is 10.2 Å². The molecule has 0 bridgehead atoms. The molecule has 0 aliphatic carbocycles. The van der Waals surface area contributed by atoms with Gasteiger partial charge in [-0.25, -0.2) is 17.2 Å². The predicted octanol–water partition coefficient (Wildman–Crippen LogP) is 3.42. The van der Waals surface area contributed by atoms with Gasteiger partial charge >= 0.3 is 0 Å². The van der Waals surface area contributed by atoms with Crippen LogP contribution >= 0.6 is 15.9 Å². The lowest BCUT2D eigenvalue weighted by Crippen LogP contribution is -2.15. The number of benzene rings is 2. The van der Waals surface area contributed by atoms with Crippen LogP contribution in [0.5, 0.6) is 0 Å². The fraction of sp³-hybridized carbons (Fsp3) is 0.0769. The Labute approximate surface area is 129 Å². The normalized spacial score (nSPS) is 11.4. The maximum atomic E-state index is 13.8. The molecule has 2 aromatic rings. The Morgan fingerprint density at radius 1 is 1.14 bits per heavy atom. The summed E-state index contributed by atoms with van der Waals surface area (Å²) in [7, 11) is -4.21. The molecule has 3 N–H and O–H groups in total. The van der Waals surface area contributed by atoms with Gasteiger partial charge in [-0.05, 0) is 58.7 Å². The van der Waals surface area contributed by atoms with Gasteiger partial charge in [0.25, 0.3) is 10.0 Å². The second kappa shape index (κ2) is 5.61. The number of nitrogens with one attached hydrogen (secondary N) is 1. The van der Waals surface area contributed by atoms with E-state index in [9.17, 15) is 17.2 Å². The molecule has 0 atom stereocenters. The molecule has 0 aliphatic rings. The molecular formula is C13H11BrF2N2O2S. The number of nitrogen functional groups attached to an aromatic ring is 1. The summed E-state index contributed by atoms with van der Waals surface area (Å²) in [4.78, 5) is -0.606. The SMILES string of the molecule is Cc1cc(F)cc(NS(=O)(=O)c2cc(N)c(Br)cc2F)c1. The van der Waals surface area contributed by atoms with Crippen LogP contribution in [-0.4, -0.2) is 8.42 Å². The molecule has 2 aromatic carbocycles. The number of halogens is 3. The zero-order valence-corrected chi connectivity index (χ0v) is 13.2. The predicted molar refractivity (Wildman–Crippen MR) is 80.5 cm³/mol. The molecule has 8 heteroatoms. The first-order valence-electron chi connectivity index (χ1n) is 5.73. The molecule has 0 heterocycles. The molecule has 0 fully saturated rings. The Bertz CT molecular complexity index is 790. The zero-order valence-electron chi connectivity index (χ0n) is 10.8. The third-order valence-electron chi connectivity index (χ3n) is 2.64. The van der Waals surface area contributed by atoms with Crippen molar-refractivity contribution in [2.24, 2.45) is 0 Å². The maximum absolute atomic E-state index is 13.8. The van der Waals surface area contributed by atoms with Crippen LogP contribution in [0.4, 0.5) is 20.2 Å². The van der Waals surface area contributed by atoms with Crippen molar-refractivity contribution in [3.8, 4) is 0 Å². The van der Waals surface area contributed by atoms with E-state index in [4.69, 9.17) is 5.73 Å². The Kier molecular flexibility index (Phi) is 4.20. The lowest BCUT2D eigenvalue weighted by Gasteiger charge is -2.11. The monoisotopic (exact) mass is 376 g/mol. The van der Waals surface area contributed by atoms with Crippen LogP contribution in [-0.2, 0) is 10.0 Å². The molecule has 0 amide bonds. The molecule has 0 aromatic heterocycles. The fourth-order valence-electron chi connectivity index (χ4n) is 1.76. The second-order valence-electron chi connectivity index (χ2n) is 4.43. The van der Waals surface area contributed by atoms with Crippen molar-refractivity contribution >= 4 is 37.3 Å². The standard InChI is InChI=1S/C13H11BrF2N2O2S/c1-7-2-8(15)4-9(3-7)18-21(19,20)13-6-12(17)10(14)5-11(13)16/h2-6,18H,17H2,1H3. The molecule has 0 saturated carbocycles. The number of aryl methyl sites for hydroxylation is 1. The average Bonchev–Trinajstić information content (AvgIpc) is 2.31. The number of hydrogen-bond acceptors (Lipinski definition) is 3. The molecular weight excluding hydrogens is 366 g/mol. The third kappa shape index (κ3) is 3.51. The van der Waals surface area contributed by atoms with E-state index in [1.807, 2.05) is 0 Å². The lowest BCUT2D eigenvalue weighted by atomic mass is 10.2. The summed E-state index contributed by atoms with van der Waals surface area (Å²) < 4.78 is 53.8. The van der Waals surface area contributed by atoms with Crippen LogP contribution in [0, 0.1) is 18.6 Å². The Balaban J connectivity index is 2.45. The molecule has 0 spiro atoms. The van der Waals surface area contributed by atoms with Crippen molar-refractivity contribution in [1.82, 2.24) is 0 Å². The van der Waals surface area contributed by atoms with Crippen molar-refractivity contribution in [1.29, 1.82) is 0 Å². The van der Waals surface area contributed by atoms with Gasteiger partial charge in [0.15, 0.2) is 0 Å². The molecule has 0 radical (unpaired) electrons. The van der Waals surface area contributed by atoms with E-state index in [0.29, 0.717) is 5.56 Å². The van der Waals surface area contributed by atoms with Crippen molar-refractivity contribution < 1.29 is 17.2 Å². The molecule has 4 nitrogen and oxygen atoms in total. The minimum Gasteiger partial charge on any atom is -0.398 e. The van der Waals surface area contributed by atoms with Crippen LogP contribution in [0.2, 0.25) is 0 Å². The highest BCUT2D eigenvalue weighted by molar-refractivity contribution is 9.10. The summed E-state index contributed by atoms with van der Waals surface area (Å²) in [5.74, 6) is -1.56. The highest BCUT2D eigenvalue weighted by Crippen LogP contribution is 2.27. The van der Waals surface area contributed by atoms with Gasteiger partial charge in [0.1, 0.15) is 16.5 Å². The number of hydrogen-bond donors (Lipinski definition) is 2. The largest absolute Gasteiger partial charge is 0.398 e. The number of nitrogens with two attached hydrogens (primary N) is 1. The van der Waals surface area contributed by atoms with Crippen LogP contribution in [0.25, 0.3) is 0 Å². The highest BCUT2D eigenvalue weighted by Gasteiger charge is 2.21. The molecule has 2 rings (SSSR count). The second-order valence-corrected chi connectivity index (χ2v) is 6.93. The summed E-state index contributed by atoms with van der Waals surface area (Å²) >= 11 is 3.00. The smallest absolute Gasteiger partial charge is 0.264 e. The van der Waals surface area contributed by atoms with Gasteiger partial charge in [-0.3, -0.25) is 4.72 Å². The Hall–Kier alpha value is -1.67. The van der Waals surface area contributed by atoms with Crippen molar-refractivity contribution in [3.05, 3.63) is 52.0 Å². The quantitative estimate of drug-likeness (QED) is 0.806. The van der Waals surface area contributed by atoms with E-state index in [2.05, 4.69) is 20.7 Å². The van der Waals surface area contributed by atoms with Crippen LogP contribution in [0.1, 0.15) is 5.56 Å². The first-order chi connectivity index (χ1) is 9.69. The van der Waals surface area contributed by atoms with Crippen LogP contribution in [0.3, 0.4) is 0 Å². The van der Waals surface area contributed by atoms with E-state index in [-0.39, 0.29) is 15.8 Å².